The van der Waals surface area contributed by atoms with Gasteiger partial charge in [-0.15, -0.1) is 0 Å². The second-order valence-electron chi connectivity index (χ2n) is 2.93. The SMILES string of the molecule is CCOC(=O)CCC(=O)CSc1ncco1. The van der Waals surface area contributed by atoms with Crippen LogP contribution in [0.2, 0.25) is 0 Å². The molecule has 0 saturated heterocycles. The zero-order valence-electron chi connectivity index (χ0n) is 8.97. The lowest BCUT2D eigenvalue weighted by molar-refractivity contribution is -0.144. The second-order valence-corrected chi connectivity index (χ2v) is 3.86. The van der Waals surface area contributed by atoms with Crippen molar-refractivity contribution in [3.63, 3.8) is 0 Å². The van der Waals surface area contributed by atoms with Gasteiger partial charge in [-0.3, -0.25) is 9.59 Å². The minimum Gasteiger partial charge on any atom is -0.466 e. The van der Waals surface area contributed by atoms with Crippen LogP contribution in [0.25, 0.3) is 0 Å². The van der Waals surface area contributed by atoms with Crippen molar-refractivity contribution in [1.82, 2.24) is 4.98 Å². The molecule has 0 radical (unpaired) electrons. The highest BCUT2D eigenvalue weighted by atomic mass is 32.2. The summed E-state index contributed by atoms with van der Waals surface area (Å²) in [6.45, 7) is 2.08. The highest BCUT2D eigenvalue weighted by molar-refractivity contribution is 7.99. The Bertz CT molecular complexity index is 337. The molecular formula is C10H13NO4S. The number of ether oxygens (including phenoxy) is 1. The molecule has 1 rings (SSSR count). The lowest BCUT2D eigenvalue weighted by Gasteiger charge is -2.00. The van der Waals surface area contributed by atoms with Crippen LogP contribution in [0.5, 0.6) is 0 Å². The van der Waals surface area contributed by atoms with Gasteiger partial charge in [0, 0.05) is 6.42 Å². The van der Waals surface area contributed by atoms with E-state index in [0.29, 0.717) is 11.8 Å². The molecule has 88 valence electrons. The molecule has 1 aromatic rings. The summed E-state index contributed by atoms with van der Waals surface area (Å²) in [5, 5.41) is 0.462. The Morgan fingerprint density at radius 1 is 1.50 bits per heavy atom. The molecule has 0 fully saturated rings. The molecule has 0 atom stereocenters. The van der Waals surface area contributed by atoms with Gasteiger partial charge in [0.2, 0.25) is 0 Å². The number of carbonyl (C=O) groups is 2. The zero-order chi connectivity index (χ0) is 11.8. The van der Waals surface area contributed by atoms with E-state index in [1.54, 1.807) is 6.92 Å². The Balaban J connectivity index is 2.14. The standard InChI is InChI=1S/C10H13NO4S/c1-2-14-9(13)4-3-8(12)7-16-10-11-5-6-15-10/h5-6H,2-4,7H2,1H3. The lowest BCUT2D eigenvalue weighted by Crippen LogP contribution is -2.09. The summed E-state index contributed by atoms with van der Waals surface area (Å²) in [5.41, 5.74) is 0. The van der Waals surface area contributed by atoms with Crippen molar-refractivity contribution >= 4 is 23.5 Å². The van der Waals surface area contributed by atoms with Gasteiger partial charge in [-0.25, -0.2) is 4.98 Å². The largest absolute Gasteiger partial charge is 0.466 e. The molecule has 0 amide bonds. The molecule has 16 heavy (non-hydrogen) atoms. The number of rotatable bonds is 7. The molecule has 1 heterocycles. The summed E-state index contributed by atoms with van der Waals surface area (Å²) in [4.78, 5) is 26.2. The highest BCUT2D eigenvalue weighted by Gasteiger charge is 2.09. The number of hydrogen-bond donors (Lipinski definition) is 0. The third-order valence-corrected chi connectivity index (χ3v) is 2.59. The maximum Gasteiger partial charge on any atom is 0.306 e. The van der Waals surface area contributed by atoms with Crippen molar-refractivity contribution < 1.29 is 18.7 Å². The third-order valence-electron chi connectivity index (χ3n) is 1.68. The number of carbonyl (C=O) groups excluding carboxylic acids is 2. The van der Waals surface area contributed by atoms with Gasteiger partial charge in [-0.1, -0.05) is 11.8 Å². The number of hydrogen-bond acceptors (Lipinski definition) is 6. The Hall–Kier alpha value is -1.30. The number of ketones is 1. The molecule has 0 aliphatic rings. The molecule has 5 nitrogen and oxygen atoms in total. The molecule has 0 N–H and O–H groups in total. The van der Waals surface area contributed by atoms with Crippen LogP contribution in [0, 0.1) is 0 Å². The molecule has 0 saturated carbocycles. The predicted octanol–water partition coefficient (Wildman–Crippen LogP) is 1.68. The summed E-state index contributed by atoms with van der Waals surface area (Å²) >= 11 is 1.22. The maximum atomic E-state index is 11.3. The van der Waals surface area contributed by atoms with E-state index in [1.807, 2.05) is 0 Å². The van der Waals surface area contributed by atoms with E-state index in [2.05, 4.69) is 4.98 Å². The second kappa shape index (κ2) is 7.05. The van der Waals surface area contributed by atoms with Gasteiger partial charge in [0.05, 0.1) is 25.0 Å². The summed E-state index contributed by atoms with van der Waals surface area (Å²) < 4.78 is 9.67. The summed E-state index contributed by atoms with van der Waals surface area (Å²) in [6, 6.07) is 0. The topological polar surface area (TPSA) is 69.4 Å². The molecule has 0 aliphatic carbocycles. The third kappa shape index (κ3) is 4.97. The van der Waals surface area contributed by atoms with Gasteiger partial charge in [-0.2, -0.15) is 0 Å². The minimum absolute atomic E-state index is 0.0174. The van der Waals surface area contributed by atoms with Crippen LogP contribution >= 0.6 is 11.8 Å². The monoisotopic (exact) mass is 243 g/mol. The smallest absolute Gasteiger partial charge is 0.306 e. The van der Waals surface area contributed by atoms with Crippen molar-refractivity contribution in [3.05, 3.63) is 12.5 Å². The minimum atomic E-state index is -0.336. The molecule has 0 aromatic carbocycles. The van der Waals surface area contributed by atoms with E-state index in [1.165, 1.54) is 24.2 Å². The van der Waals surface area contributed by atoms with E-state index < -0.39 is 0 Å². The summed E-state index contributed by atoms with van der Waals surface area (Å²) in [5.74, 6) is -0.0897. The number of nitrogens with zero attached hydrogens (tertiary/aromatic N) is 1. The van der Waals surface area contributed by atoms with Crippen LogP contribution in [0.4, 0.5) is 0 Å². The van der Waals surface area contributed by atoms with E-state index in [0.717, 1.165) is 0 Å². The Morgan fingerprint density at radius 3 is 2.94 bits per heavy atom. The number of esters is 1. The van der Waals surface area contributed by atoms with Crippen LogP contribution in [0.1, 0.15) is 19.8 Å². The Labute approximate surface area is 97.6 Å². The lowest BCUT2D eigenvalue weighted by atomic mass is 10.2. The molecule has 0 bridgehead atoms. The first-order valence-corrected chi connectivity index (χ1v) is 5.90. The van der Waals surface area contributed by atoms with Crippen molar-refractivity contribution in [3.8, 4) is 0 Å². The molecule has 6 heteroatoms. The molecular weight excluding hydrogens is 230 g/mol. The molecule has 0 aliphatic heterocycles. The fraction of sp³-hybridized carbons (Fsp3) is 0.500. The highest BCUT2D eigenvalue weighted by Crippen LogP contribution is 2.15. The first-order chi connectivity index (χ1) is 7.72. The first kappa shape index (κ1) is 12.8. The van der Waals surface area contributed by atoms with E-state index >= 15 is 0 Å². The van der Waals surface area contributed by atoms with Gasteiger partial charge in [0.15, 0.2) is 0 Å². The number of aromatic nitrogens is 1. The molecule has 0 spiro atoms. The number of thioether (sulfide) groups is 1. The zero-order valence-corrected chi connectivity index (χ0v) is 9.79. The van der Waals surface area contributed by atoms with Crippen LogP contribution in [-0.2, 0) is 14.3 Å². The molecule has 1 aromatic heterocycles. The number of oxazole rings is 1. The van der Waals surface area contributed by atoms with E-state index in [9.17, 15) is 9.59 Å². The fourth-order valence-corrected chi connectivity index (χ4v) is 1.66. The van der Waals surface area contributed by atoms with Gasteiger partial charge in [0.25, 0.3) is 5.22 Å². The average Bonchev–Trinajstić information content (AvgIpc) is 2.77. The Morgan fingerprint density at radius 2 is 2.31 bits per heavy atom. The Kier molecular flexibility index (Phi) is 5.63. The van der Waals surface area contributed by atoms with Gasteiger partial charge in [0.1, 0.15) is 12.0 Å². The van der Waals surface area contributed by atoms with Gasteiger partial charge >= 0.3 is 5.97 Å². The normalized spacial score (nSPS) is 10.1. The van der Waals surface area contributed by atoms with E-state index in [4.69, 9.17) is 9.15 Å². The predicted molar refractivity (Wildman–Crippen MR) is 58.1 cm³/mol. The number of Topliss-reactive ketones (excluding diaryl/α,β-unsaturated/α-hetero) is 1. The van der Waals surface area contributed by atoms with Gasteiger partial charge in [-0.05, 0) is 6.92 Å². The average molecular weight is 243 g/mol. The van der Waals surface area contributed by atoms with Crippen LogP contribution in [-0.4, -0.2) is 29.1 Å². The van der Waals surface area contributed by atoms with Crippen molar-refractivity contribution in [2.24, 2.45) is 0 Å². The van der Waals surface area contributed by atoms with Crippen molar-refractivity contribution in [1.29, 1.82) is 0 Å². The maximum absolute atomic E-state index is 11.3. The summed E-state index contributed by atoms with van der Waals surface area (Å²) in [7, 11) is 0. The van der Waals surface area contributed by atoms with E-state index in [-0.39, 0.29) is 30.3 Å². The first-order valence-electron chi connectivity index (χ1n) is 4.92. The van der Waals surface area contributed by atoms with Crippen LogP contribution in [0.15, 0.2) is 22.1 Å². The van der Waals surface area contributed by atoms with Crippen molar-refractivity contribution in [2.75, 3.05) is 12.4 Å². The van der Waals surface area contributed by atoms with Crippen LogP contribution < -0.4 is 0 Å². The van der Waals surface area contributed by atoms with Gasteiger partial charge < -0.3 is 9.15 Å². The summed E-state index contributed by atoms with van der Waals surface area (Å²) in [6.07, 6.45) is 3.31. The van der Waals surface area contributed by atoms with Crippen LogP contribution in [0.3, 0.4) is 0 Å². The fourth-order valence-electron chi connectivity index (χ4n) is 0.971. The van der Waals surface area contributed by atoms with Crippen molar-refractivity contribution in [2.45, 2.75) is 25.0 Å². The molecule has 0 unspecified atom stereocenters. The quantitative estimate of drug-likeness (QED) is 0.536.